The van der Waals surface area contributed by atoms with Crippen LogP contribution in [0.1, 0.15) is 31.4 Å². The van der Waals surface area contributed by atoms with E-state index in [4.69, 9.17) is 9.68 Å². The lowest BCUT2D eigenvalue weighted by Gasteiger charge is -2.34. The summed E-state index contributed by atoms with van der Waals surface area (Å²) in [5, 5.41) is 16.2. The molecular formula is C17H23N7O3S. The Morgan fingerprint density at radius 3 is 2.79 bits per heavy atom. The minimum atomic E-state index is -0.243. The van der Waals surface area contributed by atoms with E-state index in [1.165, 1.54) is 11.8 Å². The molecule has 1 N–H and O–H groups in total. The molecule has 1 aliphatic heterocycles. The Balaban J connectivity index is 1.53. The SMILES string of the molecule is CCCCn1c(SCC(=O)N2CCN(c3oc(C)nc3C#N)CC2)n[nH]c1=O. The zero-order valence-corrected chi connectivity index (χ0v) is 16.8. The standard InChI is InChI=1S/C17H23N7O3S/c1-3-4-5-24-16(26)20-21-17(24)28-11-14(25)22-6-8-23(9-7-22)15-13(10-18)19-12(2)27-15/h3-9,11H2,1-2H3,(H,20,26). The van der Waals surface area contributed by atoms with Crippen molar-refractivity contribution in [2.75, 3.05) is 36.8 Å². The van der Waals surface area contributed by atoms with Crippen molar-refractivity contribution >= 4 is 23.6 Å². The van der Waals surface area contributed by atoms with Crippen LogP contribution in [-0.4, -0.2) is 62.5 Å². The Kier molecular flexibility index (Phi) is 6.41. The fraction of sp³-hybridized carbons (Fsp3) is 0.588. The summed E-state index contributed by atoms with van der Waals surface area (Å²) in [7, 11) is 0. The van der Waals surface area contributed by atoms with Crippen LogP contribution in [0.4, 0.5) is 5.88 Å². The van der Waals surface area contributed by atoms with Crippen molar-refractivity contribution in [2.24, 2.45) is 0 Å². The number of carbonyl (C=O) groups excluding carboxylic acids is 1. The van der Waals surface area contributed by atoms with Gasteiger partial charge >= 0.3 is 5.69 Å². The van der Waals surface area contributed by atoms with Gasteiger partial charge in [0.1, 0.15) is 6.07 Å². The molecule has 0 aliphatic carbocycles. The van der Waals surface area contributed by atoms with Gasteiger partial charge in [0.2, 0.25) is 17.5 Å². The summed E-state index contributed by atoms with van der Waals surface area (Å²) in [6, 6.07) is 2.04. The molecule has 0 spiro atoms. The van der Waals surface area contributed by atoms with Gasteiger partial charge in [-0.2, -0.15) is 5.26 Å². The van der Waals surface area contributed by atoms with E-state index in [9.17, 15) is 9.59 Å². The number of hydrogen-bond acceptors (Lipinski definition) is 8. The number of aryl methyl sites for hydroxylation is 1. The molecule has 0 unspecified atom stereocenters. The fourth-order valence-electron chi connectivity index (χ4n) is 3.01. The predicted molar refractivity (Wildman–Crippen MR) is 103 cm³/mol. The second-order valence-electron chi connectivity index (χ2n) is 6.47. The topological polar surface area (TPSA) is 124 Å². The molecule has 0 radical (unpaired) electrons. The van der Waals surface area contributed by atoms with E-state index in [1.54, 1.807) is 16.4 Å². The average molecular weight is 405 g/mol. The number of oxazole rings is 1. The molecular weight excluding hydrogens is 382 g/mol. The molecule has 0 saturated carbocycles. The number of aromatic amines is 1. The molecule has 1 amide bonds. The van der Waals surface area contributed by atoms with Gasteiger partial charge in [-0.3, -0.25) is 9.36 Å². The lowest BCUT2D eigenvalue weighted by atomic mass is 10.3. The molecule has 0 aromatic carbocycles. The smallest absolute Gasteiger partial charge is 0.343 e. The third-order valence-electron chi connectivity index (χ3n) is 4.52. The maximum Gasteiger partial charge on any atom is 0.343 e. The van der Waals surface area contributed by atoms with Crippen LogP contribution in [0.25, 0.3) is 0 Å². The molecule has 11 heteroatoms. The van der Waals surface area contributed by atoms with Gasteiger partial charge in [-0.15, -0.1) is 5.10 Å². The van der Waals surface area contributed by atoms with Gasteiger partial charge < -0.3 is 14.2 Å². The van der Waals surface area contributed by atoms with Crippen molar-refractivity contribution in [3.8, 4) is 6.07 Å². The highest BCUT2D eigenvalue weighted by molar-refractivity contribution is 7.99. The second-order valence-corrected chi connectivity index (χ2v) is 7.41. The lowest BCUT2D eigenvalue weighted by molar-refractivity contribution is -0.128. The highest BCUT2D eigenvalue weighted by Gasteiger charge is 2.26. The summed E-state index contributed by atoms with van der Waals surface area (Å²) in [6.45, 7) is 6.57. The van der Waals surface area contributed by atoms with E-state index in [0.717, 1.165) is 12.8 Å². The van der Waals surface area contributed by atoms with Gasteiger partial charge in [0.15, 0.2) is 11.0 Å². The highest BCUT2D eigenvalue weighted by atomic mass is 32.2. The Labute approximate surface area is 166 Å². The molecule has 1 aliphatic rings. The minimum absolute atomic E-state index is 0.00334. The monoisotopic (exact) mass is 405 g/mol. The molecule has 1 fully saturated rings. The van der Waals surface area contributed by atoms with Crippen LogP contribution < -0.4 is 10.6 Å². The van der Waals surface area contributed by atoms with Crippen molar-refractivity contribution in [2.45, 2.75) is 38.4 Å². The second kappa shape index (κ2) is 8.97. The first kappa shape index (κ1) is 20.0. The van der Waals surface area contributed by atoms with Crippen LogP contribution in [0.2, 0.25) is 0 Å². The third-order valence-corrected chi connectivity index (χ3v) is 5.49. The Bertz CT molecular complexity index is 918. The van der Waals surface area contributed by atoms with E-state index in [2.05, 4.69) is 22.1 Å². The van der Waals surface area contributed by atoms with Crippen molar-refractivity contribution < 1.29 is 9.21 Å². The van der Waals surface area contributed by atoms with E-state index in [1.807, 2.05) is 11.0 Å². The molecule has 3 heterocycles. The molecule has 1 saturated heterocycles. The minimum Gasteiger partial charge on any atom is -0.424 e. The van der Waals surface area contributed by atoms with Gasteiger partial charge in [0.25, 0.3) is 0 Å². The van der Waals surface area contributed by atoms with Crippen molar-refractivity contribution in [3.63, 3.8) is 0 Å². The zero-order chi connectivity index (χ0) is 20.1. The molecule has 3 rings (SSSR count). The molecule has 2 aromatic heterocycles. The van der Waals surface area contributed by atoms with Gasteiger partial charge in [-0.1, -0.05) is 25.1 Å². The van der Waals surface area contributed by atoms with Crippen molar-refractivity contribution in [1.82, 2.24) is 24.6 Å². The molecule has 0 bridgehead atoms. The Morgan fingerprint density at radius 2 is 2.11 bits per heavy atom. The van der Waals surface area contributed by atoms with Gasteiger partial charge in [-0.25, -0.2) is 14.9 Å². The number of H-pyrrole nitrogens is 1. The summed E-state index contributed by atoms with van der Waals surface area (Å²) in [6.07, 6.45) is 1.86. The number of thioether (sulfide) groups is 1. The maximum atomic E-state index is 12.5. The number of piperazine rings is 1. The van der Waals surface area contributed by atoms with Gasteiger partial charge in [0, 0.05) is 39.6 Å². The van der Waals surface area contributed by atoms with Crippen molar-refractivity contribution in [3.05, 3.63) is 22.1 Å². The van der Waals surface area contributed by atoms with Crippen LogP contribution in [0, 0.1) is 18.3 Å². The average Bonchev–Trinajstić information content (AvgIpc) is 3.26. The number of anilines is 1. The normalized spacial score (nSPS) is 14.3. The molecule has 150 valence electrons. The van der Waals surface area contributed by atoms with Crippen LogP contribution >= 0.6 is 11.8 Å². The summed E-state index contributed by atoms with van der Waals surface area (Å²) in [5.41, 5.74) is 0.0316. The maximum absolute atomic E-state index is 12.5. The van der Waals surface area contributed by atoms with Crippen LogP contribution in [0.15, 0.2) is 14.4 Å². The predicted octanol–water partition coefficient (Wildman–Crippen LogP) is 0.980. The summed E-state index contributed by atoms with van der Waals surface area (Å²) >= 11 is 1.27. The van der Waals surface area contributed by atoms with E-state index in [-0.39, 0.29) is 23.0 Å². The fourth-order valence-corrected chi connectivity index (χ4v) is 3.88. The van der Waals surface area contributed by atoms with E-state index >= 15 is 0 Å². The third kappa shape index (κ3) is 4.39. The molecule has 28 heavy (non-hydrogen) atoms. The Hall–Kier alpha value is -2.74. The number of aromatic nitrogens is 4. The molecule has 2 aromatic rings. The summed E-state index contributed by atoms with van der Waals surface area (Å²) < 4.78 is 7.11. The molecule has 0 atom stereocenters. The summed E-state index contributed by atoms with van der Waals surface area (Å²) in [4.78, 5) is 32.1. The quantitative estimate of drug-likeness (QED) is 0.676. The van der Waals surface area contributed by atoms with Crippen LogP contribution in [0.5, 0.6) is 0 Å². The number of rotatable bonds is 7. The van der Waals surface area contributed by atoms with Crippen molar-refractivity contribution in [1.29, 1.82) is 5.26 Å². The first-order chi connectivity index (χ1) is 13.5. The number of carbonyl (C=O) groups is 1. The summed E-state index contributed by atoms with van der Waals surface area (Å²) in [5.74, 6) is 1.14. The van der Waals surface area contributed by atoms with Gasteiger partial charge in [-0.05, 0) is 6.42 Å². The number of unbranched alkanes of at least 4 members (excludes halogenated alkanes) is 1. The number of amides is 1. The number of nitriles is 1. The van der Waals surface area contributed by atoms with E-state index < -0.39 is 0 Å². The highest BCUT2D eigenvalue weighted by Crippen LogP contribution is 2.23. The van der Waals surface area contributed by atoms with Crippen LogP contribution in [0.3, 0.4) is 0 Å². The largest absolute Gasteiger partial charge is 0.424 e. The van der Waals surface area contributed by atoms with Gasteiger partial charge in [0.05, 0.1) is 5.75 Å². The number of nitrogens with one attached hydrogen (secondary N) is 1. The first-order valence-electron chi connectivity index (χ1n) is 9.21. The Morgan fingerprint density at radius 1 is 1.36 bits per heavy atom. The lowest BCUT2D eigenvalue weighted by Crippen LogP contribution is -2.49. The van der Waals surface area contributed by atoms with E-state index in [0.29, 0.717) is 49.7 Å². The number of nitrogens with zero attached hydrogens (tertiary/aromatic N) is 6. The number of hydrogen-bond donors (Lipinski definition) is 1. The zero-order valence-electron chi connectivity index (χ0n) is 16.0. The first-order valence-corrected chi connectivity index (χ1v) is 10.2. The molecule has 10 nitrogen and oxygen atoms in total. The van der Waals surface area contributed by atoms with Crippen LogP contribution in [-0.2, 0) is 11.3 Å².